The van der Waals surface area contributed by atoms with E-state index in [-0.39, 0.29) is 0 Å². The summed E-state index contributed by atoms with van der Waals surface area (Å²) in [6, 6.07) is 0. The quantitative estimate of drug-likeness (QED) is 0.549. The Labute approximate surface area is 127 Å². The Morgan fingerprint density at radius 3 is 2.90 bits per heavy atom. The van der Waals surface area contributed by atoms with Crippen molar-refractivity contribution >= 4 is 11.8 Å². The Morgan fingerprint density at radius 1 is 1.33 bits per heavy atom. The van der Waals surface area contributed by atoms with E-state index in [0.29, 0.717) is 11.7 Å². The second kappa shape index (κ2) is 6.38. The van der Waals surface area contributed by atoms with E-state index in [1.807, 2.05) is 10.8 Å². The van der Waals surface area contributed by atoms with Crippen LogP contribution in [0.25, 0.3) is 0 Å². The Hall–Kier alpha value is -1.70. The molecule has 112 valence electrons. The number of nitrogens with zero attached hydrogens (tertiary/aromatic N) is 7. The van der Waals surface area contributed by atoms with Gasteiger partial charge in [-0.3, -0.25) is 0 Å². The number of rotatable bonds is 8. The fourth-order valence-corrected chi connectivity index (χ4v) is 3.08. The summed E-state index contributed by atoms with van der Waals surface area (Å²) in [4.78, 5) is 0. The van der Waals surface area contributed by atoms with Crippen molar-refractivity contribution in [2.45, 2.75) is 56.1 Å². The highest BCUT2D eigenvalue weighted by atomic mass is 32.2. The molecule has 1 aliphatic carbocycles. The molecule has 0 saturated heterocycles. The second-order valence-corrected chi connectivity index (χ2v) is 6.06. The van der Waals surface area contributed by atoms with Gasteiger partial charge in [-0.15, -0.1) is 21.9 Å². The Kier molecular flexibility index (Phi) is 4.33. The van der Waals surface area contributed by atoms with E-state index >= 15 is 0 Å². The van der Waals surface area contributed by atoms with Crippen molar-refractivity contribution in [3.63, 3.8) is 0 Å². The highest BCUT2D eigenvalue weighted by Gasteiger charge is 2.30. The highest BCUT2D eigenvalue weighted by molar-refractivity contribution is 7.98. The van der Waals surface area contributed by atoms with Crippen molar-refractivity contribution in [3.8, 4) is 0 Å². The molecule has 0 aromatic carbocycles. The summed E-state index contributed by atoms with van der Waals surface area (Å²) in [6.45, 7) is 7.53. The van der Waals surface area contributed by atoms with Crippen molar-refractivity contribution < 1.29 is 0 Å². The molecule has 0 radical (unpaired) electrons. The van der Waals surface area contributed by atoms with Gasteiger partial charge in [0.2, 0.25) is 0 Å². The van der Waals surface area contributed by atoms with E-state index < -0.39 is 0 Å². The largest absolute Gasteiger partial charge is 0.302 e. The van der Waals surface area contributed by atoms with Crippen LogP contribution >= 0.6 is 11.8 Å². The van der Waals surface area contributed by atoms with Gasteiger partial charge in [-0.05, 0) is 29.7 Å². The number of hydrogen-bond acceptors (Lipinski definition) is 6. The maximum atomic E-state index is 4.34. The minimum Gasteiger partial charge on any atom is -0.302 e. The van der Waals surface area contributed by atoms with Gasteiger partial charge in [0.05, 0.1) is 5.75 Å². The van der Waals surface area contributed by atoms with Crippen molar-refractivity contribution in [1.29, 1.82) is 0 Å². The van der Waals surface area contributed by atoms with Crippen LogP contribution in [0.15, 0.2) is 17.8 Å². The summed E-state index contributed by atoms with van der Waals surface area (Å²) in [5, 5.41) is 21.4. The first-order valence-corrected chi connectivity index (χ1v) is 8.23. The molecule has 0 N–H and O–H groups in total. The first-order valence-electron chi connectivity index (χ1n) is 7.25. The van der Waals surface area contributed by atoms with Crippen molar-refractivity contribution in [3.05, 3.63) is 24.3 Å². The topological polar surface area (TPSA) is 74.3 Å². The fourth-order valence-electron chi connectivity index (χ4n) is 2.19. The average Bonchev–Trinajstić information content (AvgIpc) is 3.11. The third-order valence-corrected chi connectivity index (χ3v) is 4.33. The van der Waals surface area contributed by atoms with Gasteiger partial charge in [-0.2, -0.15) is 0 Å². The smallest absolute Gasteiger partial charge is 0.191 e. The summed E-state index contributed by atoms with van der Waals surface area (Å²) in [5.74, 6) is 3.25. The molecule has 0 atom stereocenters. The van der Waals surface area contributed by atoms with Crippen LogP contribution in [0.3, 0.4) is 0 Å². The van der Waals surface area contributed by atoms with E-state index in [4.69, 9.17) is 0 Å². The molecule has 3 rings (SSSR count). The maximum Gasteiger partial charge on any atom is 0.191 e. The molecule has 7 nitrogen and oxygen atoms in total. The van der Waals surface area contributed by atoms with Crippen LogP contribution < -0.4 is 0 Å². The van der Waals surface area contributed by atoms with Gasteiger partial charge in [0.25, 0.3) is 0 Å². The summed E-state index contributed by atoms with van der Waals surface area (Å²) in [6.07, 6.45) is 5.34. The minimum atomic E-state index is 0.581. The van der Waals surface area contributed by atoms with Gasteiger partial charge in [0.15, 0.2) is 11.0 Å². The number of aromatic nitrogens is 7. The molecule has 0 aliphatic heterocycles. The second-order valence-electron chi connectivity index (χ2n) is 5.12. The van der Waals surface area contributed by atoms with Crippen LogP contribution in [-0.2, 0) is 18.8 Å². The summed E-state index contributed by atoms with van der Waals surface area (Å²) >= 11 is 1.63. The molecule has 2 heterocycles. The van der Waals surface area contributed by atoms with Gasteiger partial charge in [0, 0.05) is 19.0 Å². The summed E-state index contributed by atoms with van der Waals surface area (Å²) < 4.78 is 4.01. The van der Waals surface area contributed by atoms with Crippen molar-refractivity contribution in [2.24, 2.45) is 0 Å². The van der Waals surface area contributed by atoms with Gasteiger partial charge < -0.3 is 4.57 Å². The van der Waals surface area contributed by atoms with Crippen molar-refractivity contribution in [1.82, 2.24) is 35.0 Å². The van der Waals surface area contributed by atoms with Crippen LogP contribution in [0.4, 0.5) is 0 Å². The Bertz CT molecular complexity index is 614. The number of aryl methyl sites for hydroxylation is 1. The van der Waals surface area contributed by atoms with Crippen LogP contribution in [0.2, 0.25) is 0 Å². The number of hydrogen-bond donors (Lipinski definition) is 0. The molecule has 1 saturated carbocycles. The molecular weight excluding hydrogens is 286 g/mol. The predicted molar refractivity (Wildman–Crippen MR) is 79.9 cm³/mol. The molecule has 21 heavy (non-hydrogen) atoms. The molecule has 0 spiro atoms. The first-order chi connectivity index (χ1) is 10.3. The monoisotopic (exact) mass is 305 g/mol. The SMILES string of the molecule is C=CCn1c(SCc2nnnn2CCC)nnc1C1CC1. The zero-order valence-corrected chi connectivity index (χ0v) is 13.0. The van der Waals surface area contributed by atoms with E-state index in [9.17, 15) is 0 Å². The molecule has 8 heteroatoms. The maximum absolute atomic E-state index is 4.34. The molecule has 1 aliphatic rings. The third kappa shape index (κ3) is 3.15. The fraction of sp³-hybridized carbons (Fsp3) is 0.615. The van der Waals surface area contributed by atoms with Crippen LogP contribution in [0.1, 0.15) is 43.8 Å². The lowest BCUT2D eigenvalue weighted by molar-refractivity contribution is 0.564. The Morgan fingerprint density at radius 2 is 2.19 bits per heavy atom. The number of allylic oxidation sites excluding steroid dienone is 1. The molecular formula is C13H19N7S. The van der Waals surface area contributed by atoms with E-state index in [0.717, 1.165) is 36.3 Å². The lowest BCUT2D eigenvalue weighted by Crippen LogP contribution is -2.06. The van der Waals surface area contributed by atoms with E-state index in [2.05, 4.69) is 43.8 Å². The number of thioether (sulfide) groups is 1. The van der Waals surface area contributed by atoms with E-state index in [1.165, 1.54) is 12.8 Å². The van der Waals surface area contributed by atoms with Crippen molar-refractivity contribution in [2.75, 3.05) is 0 Å². The van der Waals surface area contributed by atoms with Crippen LogP contribution in [-0.4, -0.2) is 35.0 Å². The van der Waals surface area contributed by atoms with Gasteiger partial charge in [-0.25, -0.2) is 4.68 Å². The molecule has 0 bridgehead atoms. The average molecular weight is 305 g/mol. The molecule has 2 aromatic heterocycles. The first kappa shape index (κ1) is 14.2. The zero-order valence-electron chi connectivity index (χ0n) is 12.1. The molecule has 0 amide bonds. The van der Waals surface area contributed by atoms with Gasteiger partial charge >= 0.3 is 0 Å². The lowest BCUT2D eigenvalue weighted by Gasteiger charge is -2.06. The van der Waals surface area contributed by atoms with Crippen LogP contribution in [0.5, 0.6) is 0 Å². The van der Waals surface area contributed by atoms with Gasteiger partial charge in [-0.1, -0.05) is 24.8 Å². The standard InChI is InChI=1S/C13H19N7S/c1-3-7-19-12(10-5-6-10)15-16-13(19)21-9-11-14-17-18-20(11)8-4-2/h3,10H,1,4-9H2,2H3. The number of tetrazole rings is 1. The molecule has 0 unspecified atom stereocenters. The highest BCUT2D eigenvalue weighted by Crippen LogP contribution is 2.40. The van der Waals surface area contributed by atoms with E-state index in [1.54, 1.807) is 11.8 Å². The molecule has 1 fully saturated rings. The molecule has 2 aromatic rings. The van der Waals surface area contributed by atoms with Crippen LogP contribution in [0, 0.1) is 0 Å². The summed E-state index contributed by atoms with van der Waals surface area (Å²) in [7, 11) is 0. The zero-order chi connectivity index (χ0) is 14.7. The summed E-state index contributed by atoms with van der Waals surface area (Å²) in [5.41, 5.74) is 0. The lowest BCUT2D eigenvalue weighted by atomic mass is 10.4. The predicted octanol–water partition coefficient (Wildman–Crippen LogP) is 2.03. The third-order valence-electron chi connectivity index (χ3n) is 3.37. The minimum absolute atomic E-state index is 0.581. The Balaban J connectivity index is 1.72. The normalized spacial score (nSPS) is 14.5. The van der Waals surface area contributed by atoms with Gasteiger partial charge in [0.1, 0.15) is 5.82 Å².